The Morgan fingerprint density at radius 2 is 2.15 bits per heavy atom. The number of hydrogen-bond acceptors (Lipinski definition) is 2. The number of aryl methyl sites for hydroxylation is 1. The van der Waals surface area contributed by atoms with Crippen LogP contribution in [0.25, 0.3) is 0 Å². The highest BCUT2D eigenvalue weighted by molar-refractivity contribution is 5.39. The highest BCUT2D eigenvalue weighted by atomic mass is 16.5. The van der Waals surface area contributed by atoms with E-state index in [1.54, 1.807) is 7.11 Å². The van der Waals surface area contributed by atoms with Crippen molar-refractivity contribution in [3.63, 3.8) is 0 Å². The molecule has 1 aromatic rings. The molecule has 0 bridgehead atoms. The van der Waals surface area contributed by atoms with E-state index in [1.807, 2.05) is 0 Å². The first kappa shape index (κ1) is 13.9. The molecular formula is C18H27NO. The zero-order valence-corrected chi connectivity index (χ0v) is 12.8. The normalized spacial score (nSPS) is 23.2. The first-order valence-electron chi connectivity index (χ1n) is 8.23. The molecule has 20 heavy (non-hydrogen) atoms. The predicted molar refractivity (Wildman–Crippen MR) is 83.2 cm³/mol. The maximum atomic E-state index is 5.41. The van der Waals surface area contributed by atoms with Gasteiger partial charge in [0, 0.05) is 12.1 Å². The highest BCUT2D eigenvalue weighted by Crippen LogP contribution is 2.36. The molecule has 2 unspecified atom stereocenters. The maximum Gasteiger partial charge on any atom is 0.119 e. The largest absolute Gasteiger partial charge is 0.497 e. The van der Waals surface area contributed by atoms with Gasteiger partial charge >= 0.3 is 0 Å². The summed E-state index contributed by atoms with van der Waals surface area (Å²) in [6.07, 6.45) is 9.30. The molecule has 0 aromatic heterocycles. The Morgan fingerprint density at radius 1 is 1.30 bits per heavy atom. The van der Waals surface area contributed by atoms with Crippen LogP contribution >= 0.6 is 0 Å². The van der Waals surface area contributed by atoms with Gasteiger partial charge in [0.25, 0.3) is 0 Å². The molecule has 1 N–H and O–H groups in total. The Balaban J connectivity index is 1.73. The molecule has 0 saturated heterocycles. The van der Waals surface area contributed by atoms with Gasteiger partial charge in [-0.1, -0.05) is 25.8 Å². The molecule has 0 aliphatic heterocycles. The van der Waals surface area contributed by atoms with Gasteiger partial charge in [-0.2, -0.15) is 0 Å². The Labute approximate surface area is 122 Å². The third kappa shape index (κ3) is 3.17. The van der Waals surface area contributed by atoms with Crippen molar-refractivity contribution < 1.29 is 4.74 Å². The van der Waals surface area contributed by atoms with Crippen molar-refractivity contribution in [2.45, 2.75) is 64.0 Å². The summed E-state index contributed by atoms with van der Waals surface area (Å²) in [4.78, 5) is 0. The SMILES string of the molecule is CCC(CC1CC1)NC1CCCc2ccc(OC)cc21. The lowest BCUT2D eigenvalue weighted by Crippen LogP contribution is -2.34. The summed E-state index contributed by atoms with van der Waals surface area (Å²) in [6.45, 7) is 2.31. The van der Waals surface area contributed by atoms with Gasteiger partial charge in [-0.05, 0) is 61.3 Å². The minimum absolute atomic E-state index is 0.526. The topological polar surface area (TPSA) is 21.3 Å². The van der Waals surface area contributed by atoms with Crippen LogP contribution in [0.2, 0.25) is 0 Å². The van der Waals surface area contributed by atoms with E-state index in [2.05, 4.69) is 30.4 Å². The Morgan fingerprint density at radius 3 is 2.85 bits per heavy atom. The van der Waals surface area contributed by atoms with Crippen LogP contribution in [0.4, 0.5) is 0 Å². The smallest absolute Gasteiger partial charge is 0.119 e. The average molecular weight is 273 g/mol. The van der Waals surface area contributed by atoms with E-state index >= 15 is 0 Å². The van der Waals surface area contributed by atoms with Gasteiger partial charge in [0.2, 0.25) is 0 Å². The van der Waals surface area contributed by atoms with Crippen LogP contribution in [0.5, 0.6) is 5.75 Å². The van der Waals surface area contributed by atoms with E-state index < -0.39 is 0 Å². The molecule has 0 spiro atoms. The lowest BCUT2D eigenvalue weighted by molar-refractivity contribution is 0.358. The summed E-state index contributed by atoms with van der Waals surface area (Å²) in [5.74, 6) is 1.99. The molecule has 110 valence electrons. The number of ether oxygens (including phenoxy) is 1. The van der Waals surface area contributed by atoms with Crippen molar-refractivity contribution in [1.29, 1.82) is 0 Å². The fraction of sp³-hybridized carbons (Fsp3) is 0.667. The summed E-state index contributed by atoms with van der Waals surface area (Å²) in [5.41, 5.74) is 2.99. The van der Waals surface area contributed by atoms with Gasteiger partial charge in [-0.15, -0.1) is 0 Å². The number of nitrogens with one attached hydrogen (secondary N) is 1. The monoisotopic (exact) mass is 273 g/mol. The second-order valence-electron chi connectivity index (χ2n) is 6.46. The third-order valence-corrected chi connectivity index (χ3v) is 4.91. The van der Waals surface area contributed by atoms with Gasteiger partial charge in [-0.3, -0.25) is 0 Å². The molecule has 2 nitrogen and oxygen atoms in total. The Hall–Kier alpha value is -1.02. The van der Waals surface area contributed by atoms with E-state index in [4.69, 9.17) is 4.74 Å². The molecule has 2 aliphatic carbocycles. The number of hydrogen-bond donors (Lipinski definition) is 1. The van der Waals surface area contributed by atoms with Gasteiger partial charge in [0.05, 0.1) is 7.11 Å². The van der Waals surface area contributed by atoms with Gasteiger partial charge in [0.1, 0.15) is 5.75 Å². The number of benzene rings is 1. The van der Waals surface area contributed by atoms with Crippen molar-refractivity contribution in [2.24, 2.45) is 5.92 Å². The quantitative estimate of drug-likeness (QED) is 0.837. The van der Waals surface area contributed by atoms with Crippen LogP contribution in [0.15, 0.2) is 18.2 Å². The van der Waals surface area contributed by atoms with E-state index in [1.165, 1.54) is 56.1 Å². The van der Waals surface area contributed by atoms with E-state index in [-0.39, 0.29) is 0 Å². The van der Waals surface area contributed by atoms with E-state index in [9.17, 15) is 0 Å². The summed E-state index contributed by atoms with van der Waals surface area (Å²) in [6, 6.07) is 7.81. The van der Waals surface area contributed by atoms with Crippen LogP contribution in [-0.4, -0.2) is 13.2 Å². The second kappa shape index (κ2) is 6.17. The first-order valence-corrected chi connectivity index (χ1v) is 8.23. The molecule has 1 aromatic carbocycles. The summed E-state index contributed by atoms with van der Waals surface area (Å²) < 4.78 is 5.41. The van der Waals surface area contributed by atoms with Crippen molar-refractivity contribution in [3.8, 4) is 5.75 Å². The van der Waals surface area contributed by atoms with Crippen molar-refractivity contribution in [1.82, 2.24) is 5.32 Å². The van der Waals surface area contributed by atoms with Crippen molar-refractivity contribution in [3.05, 3.63) is 29.3 Å². The lowest BCUT2D eigenvalue weighted by atomic mass is 9.86. The summed E-state index contributed by atoms with van der Waals surface area (Å²) >= 11 is 0. The van der Waals surface area contributed by atoms with E-state index in [0.29, 0.717) is 12.1 Å². The standard InChI is InChI=1S/C18H27NO/c1-3-15(11-13-7-8-13)19-18-6-4-5-14-9-10-16(20-2)12-17(14)18/h9-10,12-13,15,18-19H,3-8,11H2,1-2H3. The fourth-order valence-electron chi connectivity index (χ4n) is 3.47. The number of methoxy groups -OCH3 is 1. The molecule has 0 radical (unpaired) electrons. The van der Waals surface area contributed by atoms with Gasteiger partial charge in [0.15, 0.2) is 0 Å². The third-order valence-electron chi connectivity index (χ3n) is 4.91. The van der Waals surface area contributed by atoms with Crippen LogP contribution in [0.3, 0.4) is 0 Å². The van der Waals surface area contributed by atoms with Crippen molar-refractivity contribution in [2.75, 3.05) is 7.11 Å². The lowest BCUT2D eigenvalue weighted by Gasteiger charge is -2.30. The summed E-state index contributed by atoms with van der Waals surface area (Å²) in [5, 5.41) is 3.93. The molecule has 2 aliphatic rings. The average Bonchev–Trinajstić information content (AvgIpc) is 3.30. The van der Waals surface area contributed by atoms with Gasteiger partial charge < -0.3 is 10.1 Å². The van der Waals surface area contributed by atoms with Crippen LogP contribution in [0, 0.1) is 5.92 Å². The first-order chi connectivity index (χ1) is 9.80. The van der Waals surface area contributed by atoms with Crippen molar-refractivity contribution >= 4 is 0 Å². The second-order valence-corrected chi connectivity index (χ2v) is 6.46. The minimum Gasteiger partial charge on any atom is -0.497 e. The molecule has 3 rings (SSSR count). The Bertz CT molecular complexity index is 453. The van der Waals surface area contributed by atoms with Crippen LogP contribution < -0.4 is 10.1 Å². The van der Waals surface area contributed by atoms with E-state index in [0.717, 1.165) is 11.7 Å². The van der Waals surface area contributed by atoms with Crippen LogP contribution in [0.1, 0.15) is 62.6 Å². The Kier molecular flexibility index (Phi) is 4.30. The molecule has 2 atom stereocenters. The fourth-order valence-corrected chi connectivity index (χ4v) is 3.47. The molecule has 1 saturated carbocycles. The molecule has 0 heterocycles. The minimum atomic E-state index is 0.526. The number of fused-ring (bicyclic) bond motifs is 1. The zero-order valence-electron chi connectivity index (χ0n) is 12.8. The molecular weight excluding hydrogens is 246 g/mol. The summed E-state index contributed by atoms with van der Waals surface area (Å²) in [7, 11) is 1.76. The molecule has 2 heteroatoms. The molecule has 1 fully saturated rings. The highest BCUT2D eigenvalue weighted by Gasteiger charge is 2.28. The number of rotatable bonds is 6. The zero-order chi connectivity index (χ0) is 13.9. The van der Waals surface area contributed by atoms with Crippen LogP contribution in [-0.2, 0) is 6.42 Å². The van der Waals surface area contributed by atoms with Gasteiger partial charge in [-0.25, -0.2) is 0 Å². The molecule has 0 amide bonds. The maximum absolute atomic E-state index is 5.41. The predicted octanol–water partition coefficient (Wildman–Crippen LogP) is 4.24.